The van der Waals surface area contributed by atoms with Crippen LogP contribution < -0.4 is 16.4 Å². The van der Waals surface area contributed by atoms with E-state index >= 15 is 0 Å². The minimum absolute atomic E-state index is 0.0280. The first-order valence-electron chi connectivity index (χ1n) is 12.7. The molecule has 2 aromatic carbocycles. The number of nitrogen functional groups attached to an aromatic ring is 1. The number of benzene rings is 2. The van der Waals surface area contributed by atoms with Crippen LogP contribution in [0.5, 0.6) is 0 Å². The van der Waals surface area contributed by atoms with Gasteiger partial charge in [-0.2, -0.15) is 5.10 Å². The normalized spacial score (nSPS) is 17.4. The fourth-order valence-corrected chi connectivity index (χ4v) is 4.97. The summed E-state index contributed by atoms with van der Waals surface area (Å²) < 4.78 is 16.0. The molecule has 0 unspecified atom stereocenters. The van der Waals surface area contributed by atoms with Gasteiger partial charge in [-0.25, -0.2) is 9.07 Å². The van der Waals surface area contributed by atoms with Gasteiger partial charge in [-0.1, -0.05) is 37.1 Å². The van der Waals surface area contributed by atoms with E-state index in [1.165, 1.54) is 16.9 Å². The molecule has 1 aliphatic heterocycles. The molecule has 0 saturated carbocycles. The molecule has 3 heterocycles. The number of nitrogens with zero attached hydrogens (tertiary/aromatic N) is 3. The van der Waals surface area contributed by atoms with Crippen LogP contribution in [0.2, 0.25) is 5.02 Å². The van der Waals surface area contributed by atoms with Gasteiger partial charge in [0.25, 0.3) is 5.91 Å². The number of rotatable bonds is 3. The van der Waals surface area contributed by atoms with Crippen LogP contribution in [0.4, 0.5) is 15.8 Å². The molecule has 1 aliphatic rings. The zero-order chi connectivity index (χ0) is 27.7. The van der Waals surface area contributed by atoms with Crippen molar-refractivity contribution in [3.05, 3.63) is 88.7 Å². The summed E-state index contributed by atoms with van der Waals surface area (Å²) in [6.45, 7) is 3.58. The van der Waals surface area contributed by atoms with Gasteiger partial charge in [0.05, 0.1) is 39.9 Å². The number of hydrogen-bond donors (Lipinski definition) is 3. The second kappa shape index (κ2) is 10.9. The van der Waals surface area contributed by atoms with E-state index in [0.29, 0.717) is 47.6 Å². The highest BCUT2D eigenvalue weighted by molar-refractivity contribution is 6.30. The first-order valence-corrected chi connectivity index (χ1v) is 13.1. The van der Waals surface area contributed by atoms with Crippen molar-refractivity contribution < 1.29 is 14.0 Å². The molecule has 2 aromatic heterocycles. The summed E-state index contributed by atoms with van der Waals surface area (Å²) in [5.41, 5.74) is 10.5. The van der Waals surface area contributed by atoms with Crippen molar-refractivity contribution in [3.63, 3.8) is 0 Å². The molecular formula is C29H28ClFN6O2. The number of nitrogens with two attached hydrogens (primary N) is 1. The molecule has 5 rings (SSSR count). The van der Waals surface area contributed by atoms with Gasteiger partial charge in [0, 0.05) is 23.4 Å². The van der Waals surface area contributed by atoms with Gasteiger partial charge in [0.15, 0.2) is 5.82 Å². The molecule has 2 amide bonds. The average molecular weight is 547 g/mol. The molecule has 0 aliphatic carbocycles. The van der Waals surface area contributed by atoms with Crippen molar-refractivity contribution >= 4 is 34.8 Å². The molecule has 0 radical (unpaired) electrons. The zero-order valence-electron chi connectivity index (χ0n) is 21.5. The lowest BCUT2D eigenvalue weighted by Crippen LogP contribution is -2.30. The Morgan fingerprint density at radius 3 is 2.85 bits per heavy atom. The lowest BCUT2D eigenvalue weighted by atomic mass is 9.95. The molecule has 2 bridgehead atoms. The predicted molar refractivity (Wildman–Crippen MR) is 149 cm³/mol. The summed E-state index contributed by atoms with van der Waals surface area (Å²) in [7, 11) is 0. The Kier molecular flexibility index (Phi) is 7.34. The fraction of sp³-hybridized carbons (Fsp3) is 0.241. The maximum absolute atomic E-state index is 14.6. The van der Waals surface area contributed by atoms with Crippen LogP contribution >= 0.6 is 11.6 Å². The summed E-state index contributed by atoms with van der Waals surface area (Å²) in [5.74, 6) is -1.30. The number of fused-ring (bicyclic) bond motifs is 4. The summed E-state index contributed by atoms with van der Waals surface area (Å²) in [4.78, 5) is 30.9. The Morgan fingerprint density at radius 2 is 2.03 bits per heavy atom. The minimum Gasteiger partial charge on any atom is -0.399 e. The van der Waals surface area contributed by atoms with E-state index in [4.69, 9.17) is 17.3 Å². The van der Waals surface area contributed by atoms with Crippen LogP contribution in [-0.2, 0) is 4.79 Å². The second-order valence-electron chi connectivity index (χ2n) is 9.75. The summed E-state index contributed by atoms with van der Waals surface area (Å²) in [5, 5.41) is 10.3. The van der Waals surface area contributed by atoms with Crippen LogP contribution in [-0.4, -0.2) is 26.6 Å². The number of aromatic nitrogens is 3. The van der Waals surface area contributed by atoms with Crippen molar-refractivity contribution in [2.24, 2.45) is 5.92 Å². The smallest absolute Gasteiger partial charge is 0.255 e. The largest absolute Gasteiger partial charge is 0.399 e. The van der Waals surface area contributed by atoms with Crippen LogP contribution in [0.1, 0.15) is 54.0 Å². The SMILES string of the molecule is Cc1c(C(=O)N[C@H]2CCC[C@@H](C)C(=O)Nc3cc(N)ccc3-c3ccnc2c3)cnn1-c1cccc(Cl)c1F. The van der Waals surface area contributed by atoms with Gasteiger partial charge >= 0.3 is 0 Å². The highest BCUT2D eigenvalue weighted by Gasteiger charge is 2.24. The van der Waals surface area contributed by atoms with E-state index in [9.17, 15) is 14.0 Å². The number of amides is 2. The highest BCUT2D eigenvalue weighted by atomic mass is 35.5. The fourth-order valence-electron chi connectivity index (χ4n) is 4.80. The maximum atomic E-state index is 14.6. The van der Waals surface area contributed by atoms with Crippen molar-refractivity contribution in [1.29, 1.82) is 0 Å². The van der Waals surface area contributed by atoms with E-state index in [1.54, 1.807) is 37.4 Å². The van der Waals surface area contributed by atoms with E-state index in [1.807, 2.05) is 25.1 Å². The number of anilines is 2. The highest BCUT2D eigenvalue weighted by Crippen LogP contribution is 2.33. The Labute approximate surface area is 230 Å². The first kappa shape index (κ1) is 26.4. The van der Waals surface area contributed by atoms with Crippen molar-refractivity contribution in [3.8, 4) is 16.8 Å². The van der Waals surface area contributed by atoms with Crippen LogP contribution in [0, 0.1) is 18.7 Å². The van der Waals surface area contributed by atoms with Crippen molar-refractivity contribution in [2.45, 2.75) is 39.2 Å². The third-order valence-corrected chi connectivity index (χ3v) is 7.34. The summed E-state index contributed by atoms with van der Waals surface area (Å²) >= 11 is 5.95. The molecule has 2 atom stereocenters. The van der Waals surface area contributed by atoms with Gasteiger partial charge < -0.3 is 16.4 Å². The third kappa shape index (κ3) is 5.35. The van der Waals surface area contributed by atoms with Gasteiger partial charge in [-0.05, 0) is 61.7 Å². The quantitative estimate of drug-likeness (QED) is 0.279. The molecule has 0 fully saturated rings. The van der Waals surface area contributed by atoms with Crippen molar-refractivity contribution in [1.82, 2.24) is 20.1 Å². The van der Waals surface area contributed by atoms with Crippen LogP contribution in [0.15, 0.2) is 60.9 Å². The molecule has 4 N–H and O–H groups in total. The lowest BCUT2D eigenvalue weighted by molar-refractivity contribution is -0.119. The predicted octanol–water partition coefficient (Wildman–Crippen LogP) is 5.85. The Morgan fingerprint density at radius 1 is 1.21 bits per heavy atom. The minimum atomic E-state index is -0.613. The first-order chi connectivity index (χ1) is 18.7. The topological polar surface area (TPSA) is 115 Å². The number of carbonyl (C=O) groups excluding carboxylic acids is 2. The summed E-state index contributed by atoms with van der Waals surface area (Å²) in [6.07, 6.45) is 4.98. The molecule has 0 saturated heterocycles. The summed E-state index contributed by atoms with van der Waals surface area (Å²) in [6, 6.07) is 13.4. The Hall–Kier alpha value is -4.24. The zero-order valence-corrected chi connectivity index (χ0v) is 22.3. The number of nitrogens with one attached hydrogen (secondary N) is 2. The molecule has 8 nitrogen and oxygen atoms in total. The Balaban J connectivity index is 1.49. The standard InChI is InChI=1S/C29H28ClFN6O2/c1-16-5-3-7-23(25-13-18(11-12-33-25)20-10-9-19(32)14-24(20)36-28(16)38)35-29(39)21-15-34-37(17(21)2)26-8-4-6-22(30)27(26)31/h4,6,8-16,23H,3,5,7,32H2,1-2H3,(H,35,39)(H,36,38)/t16-,23+/m1/s1. The Bertz CT molecular complexity index is 1570. The average Bonchev–Trinajstić information content (AvgIpc) is 3.30. The third-order valence-electron chi connectivity index (χ3n) is 7.05. The molecule has 0 spiro atoms. The number of halogens is 2. The molecular weight excluding hydrogens is 519 g/mol. The van der Waals surface area contributed by atoms with Gasteiger partial charge in [-0.15, -0.1) is 0 Å². The molecule has 10 heteroatoms. The lowest BCUT2D eigenvalue weighted by Gasteiger charge is -2.22. The van der Waals surface area contributed by atoms with E-state index in [2.05, 4.69) is 20.7 Å². The van der Waals surface area contributed by atoms with Gasteiger partial charge in [0.2, 0.25) is 5.91 Å². The molecule has 39 heavy (non-hydrogen) atoms. The van der Waals surface area contributed by atoms with Gasteiger partial charge in [-0.3, -0.25) is 14.6 Å². The molecule has 200 valence electrons. The monoisotopic (exact) mass is 546 g/mol. The molecule has 4 aromatic rings. The second-order valence-corrected chi connectivity index (χ2v) is 10.2. The van der Waals surface area contributed by atoms with E-state index in [0.717, 1.165) is 11.1 Å². The number of hydrogen-bond acceptors (Lipinski definition) is 5. The van der Waals surface area contributed by atoms with Crippen molar-refractivity contribution in [2.75, 3.05) is 11.1 Å². The number of pyridine rings is 1. The number of carbonyl (C=O) groups is 2. The van der Waals surface area contributed by atoms with Crippen LogP contribution in [0.25, 0.3) is 16.8 Å². The van der Waals surface area contributed by atoms with Gasteiger partial charge in [0.1, 0.15) is 5.69 Å². The van der Waals surface area contributed by atoms with E-state index in [-0.39, 0.29) is 28.4 Å². The van der Waals surface area contributed by atoms with E-state index < -0.39 is 11.9 Å². The van der Waals surface area contributed by atoms with Crippen LogP contribution in [0.3, 0.4) is 0 Å². The maximum Gasteiger partial charge on any atom is 0.255 e.